The van der Waals surface area contributed by atoms with E-state index in [1.165, 1.54) is 4.90 Å². The highest BCUT2D eigenvalue weighted by Crippen LogP contribution is 2.22. The number of imide groups is 1. The number of carbonyl (C=O) groups is 2. The Balaban J connectivity index is 1.54. The lowest BCUT2D eigenvalue weighted by atomic mass is 10.0. The van der Waals surface area contributed by atoms with Crippen molar-refractivity contribution in [1.82, 2.24) is 15.2 Å². The molecule has 1 aliphatic rings. The molecule has 5 nitrogen and oxygen atoms in total. The predicted molar refractivity (Wildman–Crippen MR) is 101 cm³/mol. The van der Waals surface area contributed by atoms with E-state index in [-0.39, 0.29) is 11.9 Å². The minimum absolute atomic E-state index is 0.166. The number of aryl methyl sites for hydroxylation is 2. The van der Waals surface area contributed by atoms with Crippen molar-refractivity contribution < 1.29 is 9.59 Å². The molecule has 0 aliphatic carbocycles. The topological polar surface area (TPSA) is 65.2 Å². The molecule has 4 rings (SSSR count). The van der Waals surface area contributed by atoms with Crippen molar-refractivity contribution in [1.29, 1.82) is 0 Å². The van der Waals surface area contributed by atoms with Gasteiger partial charge >= 0.3 is 6.03 Å². The molecule has 0 saturated carbocycles. The van der Waals surface area contributed by atoms with Crippen LogP contribution in [0, 0.1) is 13.8 Å². The molecule has 1 atom stereocenters. The molecule has 26 heavy (non-hydrogen) atoms. The van der Waals surface area contributed by atoms with E-state index in [1.807, 2.05) is 62.5 Å². The van der Waals surface area contributed by atoms with Crippen LogP contribution >= 0.6 is 0 Å². The average Bonchev–Trinajstić information content (AvgIpc) is 3.15. The molecule has 2 aromatic carbocycles. The number of benzene rings is 2. The number of aromatic amines is 1. The lowest BCUT2D eigenvalue weighted by Gasteiger charge is -2.15. The fourth-order valence-corrected chi connectivity index (χ4v) is 3.53. The van der Waals surface area contributed by atoms with E-state index in [0.29, 0.717) is 13.0 Å². The summed E-state index contributed by atoms with van der Waals surface area (Å²) in [5.41, 5.74) is 5.27. The molecule has 0 radical (unpaired) electrons. The molecule has 2 N–H and O–H groups in total. The van der Waals surface area contributed by atoms with Crippen LogP contribution in [0.25, 0.3) is 10.9 Å². The Morgan fingerprint density at radius 3 is 2.69 bits per heavy atom. The van der Waals surface area contributed by atoms with Gasteiger partial charge in [0.25, 0.3) is 5.91 Å². The van der Waals surface area contributed by atoms with E-state index < -0.39 is 6.04 Å². The number of hydrogen-bond donors (Lipinski definition) is 2. The van der Waals surface area contributed by atoms with Gasteiger partial charge in [0.05, 0.1) is 6.54 Å². The molecule has 1 saturated heterocycles. The molecule has 5 heteroatoms. The summed E-state index contributed by atoms with van der Waals surface area (Å²) in [4.78, 5) is 29.7. The molecule has 0 spiro atoms. The Morgan fingerprint density at radius 1 is 1.04 bits per heavy atom. The number of urea groups is 1. The lowest BCUT2D eigenvalue weighted by molar-refractivity contribution is -0.127. The third-order valence-corrected chi connectivity index (χ3v) is 5.04. The van der Waals surface area contributed by atoms with Crippen molar-refractivity contribution in [3.05, 3.63) is 70.9 Å². The molecule has 0 unspecified atom stereocenters. The lowest BCUT2D eigenvalue weighted by Crippen LogP contribution is -2.32. The van der Waals surface area contributed by atoms with E-state index in [2.05, 4.69) is 10.3 Å². The Bertz CT molecular complexity index is 1010. The highest BCUT2D eigenvalue weighted by atomic mass is 16.2. The van der Waals surface area contributed by atoms with Gasteiger partial charge in [0, 0.05) is 23.5 Å². The van der Waals surface area contributed by atoms with Crippen LogP contribution in [0.15, 0.2) is 48.7 Å². The van der Waals surface area contributed by atoms with Crippen LogP contribution < -0.4 is 5.32 Å². The van der Waals surface area contributed by atoms with Gasteiger partial charge in [-0.1, -0.05) is 42.0 Å². The van der Waals surface area contributed by atoms with Crippen molar-refractivity contribution >= 4 is 22.8 Å². The SMILES string of the molecule is Cc1ccc(C)c(CN2C(=O)N[C@H](Cc3c[nH]c4ccccc34)C2=O)c1. The first-order valence-electron chi connectivity index (χ1n) is 8.76. The maximum Gasteiger partial charge on any atom is 0.325 e. The van der Waals surface area contributed by atoms with E-state index in [9.17, 15) is 9.59 Å². The van der Waals surface area contributed by atoms with E-state index >= 15 is 0 Å². The molecular weight excluding hydrogens is 326 g/mol. The average molecular weight is 347 g/mol. The van der Waals surface area contributed by atoms with Crippen molar-refractivity contribution in [3.8, 4) is 0 Å². The second-order valence-electron chi connectivity index (χ2n) is 6.92. The van der Waals surface area contributed by atoms with Crippen molar-refractivity contribution in [2.24, 2.45) is 0 Å². The number of H-pyrrole nitrogens is 1. The van der Waals surface area contributed by atoms with Gasteiger partial charge in [0.15, 0.2) is 0 Å². The summed E-state index contributed by atoms with van der Waals surface area (Å²) < 4.78 is 0. The Kier molecular flexibility index (Phi) is 3.99. The highest BCUT2D eigenvalue weighted by molar-refractivity contribution is 6.04. The van der Waals surface area contributed by atoms with E-state index in [0.717, 1.165) is 33.2 Å². The van der Waals surface area contributed by atoms with Gasteiger partial charge in [0.1, 0.15) is 6.04 Å². The highest BCUT2D eigenvalue weighted by Gasteiger charge is 2.38. The summed E-state index contributed by atoms with van der Waals surface area (Å²) in [5.74, 6) is -0.166. The summed E-state index contributed by atoms with van der Waals surface area (Å²) in [6.45, 7) is 4.31. The van der Waals surface area contributed by atoms with E-state index in [1.54, 1.807) is 0 Å². The third kappa shape index (κ3) is 2.86. The van der Waals surface area contributed by atoms with Gasteiger partial charge in [0.2, 0.25) is 0 Å². The van der Waals surface area contributed by atoms with Gasteiger partial charge in [-0.2, -0.15) is 0 Å². The molecule has 132 valence electrons. The van der Waals surface area contributed by atoms with Crippen LogP contribution in [0.5, 0.6) is 0 Å². The second kappa shape index (κ2) is 6.33. The van der Waals surface area contributed by atoms with E-state index in [4.69, 9.17) is 0 Å². The van der Waals surface area contributed by atoms with Gasteiger partial charge < -0.3 is 10.3 Å². The molecule has 2 heterocycles. The Labute approximate surface area is 152 Å². The van der Waals surface area contributed by atoms with Gasteiger partial charge in [-0.05, 0) is 36.6 Å². The summed E-state index contributed by atoms with van der Waals surface area (Å²) in [6, 6.07) is 13.2. The zero-order valence-corrected chi connectivity index (χ0v) is 14.9. The fraction of sp³-hybridized carbons (Fsp3) is 0.238. The van der Waals surface area contributed by atoms with Crippen LogP contribution in [0.2, 0.25) is 0 Å². The maximum atomic E-state index is 12.8. The molecule has 1 aliphatic heterocycles. The molecule has 0 bridgehead atoms. The normalized spacial score (nSPS) is 17.2. The smallest absolute Gasteiger partial charge is 0.325 e. The monoisotopic (exact) mass is 347 g/mol. The Morgan fingerprint density at radius 2 is 1.85 bits per heavy atom. The standard InChI is InChI=1S/C21H21N3O2/c1-13-7-8-14(2)16(9-13)12-24-20(25)19(23-21(24)26)10-15-11-22-18-6-4-3-5-17(15)18/h3-9,11,19,22H,10,12H2,1-2H3,(H,23,26)/t19-/m1/s1. The number of para-hydroxylation sites is 1. The minimum Gasteiger partial charge on any atom is -0.361 e. The fourth-order valence-electron chi connectivity index (χ4n) is 3.53. The number of nitrogens with one attached hydrogen (secondary N) is 2. The quantitative estimate of drug-likeness (QED) is 0.710. The number of aromatic nitrogens is 1. The number of nitrogens with zero attached hydrogens (tertiary/aromatic N) is 1. The largest absolute Gasteiger partial charge is 0.361 e. The molecule has 1 fully saturated rings. The first-order valence-corrected chi connectivity index (χ1v) is 8.76. The van der Waals surface area contributed by atoms with Gasteiger partial charge in [-0.25, -0.2) is 4.79 Å². The molecule has 3 amide bonds. The zero-order valence-electron chi connectivity index (χ0n) is 14.9. The van der Waals surface area contributed by atoms with Crippen molar-refractivity contribution in [3.63, 3.8) is 0 Å². The maximum absolute atomic E-state index is 12.8. The number of rotatable bonds is 4. The van der Waals surface area contributed by atoms with Crippen LogP contribution in [0.4, 0.5) is 4.79 Å². The Hall–Kier alpha value is -3.08. The summed E-state index contributed by atoms with van der Waals surface area (Å²) in [6.07, 6.45) is 2.40. The minimum atomic E-state index is -0.521. The summed E-state index contributed by atoms with van der Waals surface area (Å²) in [7, 11) is 0. The van der Waals surface area contributed by atoms with Gasteiger partial charge in [-0.3, -0.25) is 9.69 Å². The first-order chi connectivity index (χ1) is 12.5. The summed E-state index contributed by atoms with van der Waals surface area (Å²) >= 11 is 0. The third-order valence-electron chi connectivity index (χ3n) is 5.04. The molecule has 3 aromatic rings. The first kappa shape index (κ1) is 16.4. The zero-order chi connectivity index (χ0) is 18.3. The van der Waals surface area contributed by atoms with Crippen LogP contribution in [0.3, 0.4) is 0 Å². The summed E-state index contributed by atoms with van der Waals surface area (Å²) in [5, 5.41) is 3.92. The predicted octanol–water partition coefficient (Wildman–Crippen LogP) is 3.45. The van der Waals surface area contributed by atoms with Gasteiger partial charge in [-0.15, -0.1) is 0 Å². The number of hydrogen-bond acceptors (Lipinski definition) is 2. The molecular formula is C21H21N3O2. The van der Waals surface area contributed by atoms with Crippen LogP contribution in [-0.4, -0.2) is 27.9 Å². The van der Waals surface area contributed by atoms with Crippen molar-refractivity contribution in [2.45, 2.75) is 32.9 Å². The second-order valence-corrected chi connectivity index (χ2v) is 6.92. The number of amides is 3. The number of fused-ring (bicyclic) bond motifs is 1. The van der Waals surface area contributed by atoms with Crippen LogP contribution in [0.1, 0.15) is 22.3 Å². The molecule has 1 aromatic heterocycles. The van der Waals surface area contributed by atoms with Crippen LogP contribution in [-0.2, 0) is 17.8 Å². The van der Waals surface area contributed by atoms with Crippen molar-refractivity contribution in [2.75, 3.05) is 0 Å². The number of carbonyl (C=O) groups excluding carboxylic acids is 2.